The Balaban J connectivity index is 2.03. The van der Waals surface area contributed by atoms with E-state index in [2.05, 4.69) is 10.6 Å². The number of unbranched alkanes of at least 4 members (excludes halogenated alkanes) is 2. The summed E-state index contributed by atoms with van der Waals surface area (Å²) in [5.41, 5.74) is 0.926. The summed E-state index contributed by atoms with van der Waals surface area (Å²) in [6, 6.07) is 8.59. The first-order chi connectivity index (χ1) is 12.0. The molecule has 1 atom stereocenters. The van der Waals surface area contributed by atoms with Gasteiger partial charge in [-0.25, -0.2) is 9.59 Å². The fourth-order valence-corrected chi connectivity index (χ4v) is 2.16. The van der Waals surface area contributed by atoms with Crippen LogP contribution in [-0.4, -0.2) is 35.7 Å². The van der Waals surface area contributed by atoms with E-state index in [0.29, 0.717) is 19.4 Å². The number of benzene rings is 1. The Morgan fingerprint density at radius 1 is 1.12 bits per heavy atom. The van der Waals surface area contributed by atoms with Gasteiger partial charge in [-0.2, -0.15) is 0 Å². The molecule has 25 heavy (non-hydrogen) atoms. The van der Waals surface area contributed by atoms with E-state index in [1.807, 2.05) is 30.3 Å². The van der Waals surface area contributed by atoms with E-state index in [9.17, 15) is 14.4 Å². The van der Waals surface area contributed by atoms with E-state index in [-0.39, 0.29) is 18.9 Å². The van der Waals surface area contributed by atoms with Crippen LogP contribution in [0.5, 0.6) is 0 Å². The van der Waals surface area contributed by atoms with Crippen molar-refractivity contribution in [2.75, 3.05) is 6.54 Å². The summed E-state index contributed by atoms with van der Waals surface area (Å²) in [6.45, 7) is 2.42. The van der Waals surface area contributed by atoms with Crippen molar-refractivity contribution in [3.8, 4) is 0 Å². The summed E-state index contributed by atoms with van der Waals surface area (Å²) in [6.07, 6.45) is 2.30. The first-order valence-corrected chi connectivity index (χ1v) is 8.49. The number of carboxylic acids is 1. The average molecular weight is 350 g/mol. The second kappa shape index (κ2) is 11.9. The molecule has 0 aliphatic heterocycles. The highest BCUT2D eigenvalue weighted by Gasteiger charge is 2.16. The summed E-state index contributed by atoms with van der Waals surface area (Å²) in [5.74, 6) is -1.28. The van der Waals surface area contributed by atoms with Crippen molar-refractivity contribution in [1.82, 2.24) is 10.6 Å². The Morgan fingerprint density at radius 3 is 2.48 bits per heavy atom. The van der Waals surface area contributed by atoms with Gasteiger partial charge >= 0.3 is 12.1 Å². The largest absolute Gasteiger partial charge is 0.480 e. The highest BCUT2D eigenvalue weighted by Crippen LogP contribution is 2.02. The number of aliphatic carboxylic acids is 1. The van der Waals surface area contributed by atoms with Gasteiger partial charge in [-0.05, 0) is 24.8 Å². The van der Waals surface area contributed by atoms with Gasteiger partial charge in [-0.1, -0.05) is 43.7 Å². The van der Waals surface area contributed by atoms with Crippen molar-refractivity contribution in [2.45, 2.75) is 51.7 Å². The van der Waals surface area contributed by atoms with Gasteiger partial charge < -0.3 is 20.5 Å². The van der Waals surface area contributed by atoms with Crippen molar-refractivity contribution in [2.24, 2.45) is 0 Å². The van der Waals surface area contributed by atoms with Crippen molar-refractivity contribution in [3.63, 3.8) is 0 Å². The Labute approximate surface area is 147 Å². The number of nitrogens with one attached hydrogen (secondary N) is 2. The molecule has 0 aliphatic rings. The number of rotatable bonds is 11. The average Bonchev–Trinajstić information content (AvgIpc) is 2.61. The number of carboxylic acid groups (broad SMARTS) is 1. The fourth-order valence-electron chi connectivity index (χ4n) is 2.16. The molecule has 0 saturated heterocycles. The number of ether oxygens (including phenoxy) is 1. The summed E-state index contributed by atoms with van der Waals surface area (Å²) in [7, 11) is 0. The van der Waals surface area contributed by atoms with Gasteiger partial charge in [0.15, 0.2) is 0 Å². The third-order valence-corrected chi connectivity index (χ3v) is 3.60. The Morgan fingerprint density at radius 2 is 1.84 bits per heavy atom. The van der Waals surface area contributed by atoms with E-state index in [1.165, 1.54) is 0 Å². The van der Waals surface area contributed by atoms with Crippen molar-refractivity contribution >= 4 is 18.0 Å². The number of amides is 2. The molecule has 0 heterocycles. The topological polar surface area (TPSA) is 105 Å². The Kier molecular flexibility index (Phi) is 9.74. The molecule has 138 valence electrons. The molecule has 1 aromatic carbocycles. The zero-order chi connectivity index (χ0) is 18.5. The lowest BCUT2D eigenvalue weighted by atomic mass is 10.1. The van der Waals surface area contributed by atoms with Crippen LogP contribution in [0.25, 0.3) is 0 Å². The molecular weight excluding hydrogens is 324 g/mol. The third kappa shape index (κ3) is 9.34. The number of hydrogen-bond acceptors (Lipinski definition) is 4. The van der Waals surface area contributed by atoms with Crippen molar-refractivity contribution < 1.29 is 24.2 Å². The monoisotopic (exact) mass is 350 g/mol. The van der Waals surface area contributed by atoms with E-state index in [0.717, 1.165) is 18.4 Å². The van der Waals surface area contributed by atoms with E-state index in [4.69, 9.17) is 9.84 Å². The van der Waals surface area contributed by atoms with Crippen molar-refractivity contribution in [1.29, 1.82) is 0 Å². The van der Waals surface area contributed by atoms with Crippen LogP contribution >= 0.6 is 0 Å². The predicted molar refractivity (Wildman–Crippen MR) is 93.0 cm³/mol. The Hall–Kier alpha value is -2.57. The van der Waals surface area contributed by atoms with Gasteiger partial charge in [0.25, 0.3) is 0 Å². The highest BCUT2D eigenvalue weighted by molar-refractivity contribution is 5.83. The fraction of sp³-hybridized carbons (Fsp3) is 0.500. The summed E-state index contributed by atoms with van der Waals surface area (Å²) >= 11 is 0. The van der Waals surface area contributed by atoms with Crippen molar-refractivity contribution in [3.05, 3.63) is 35.9 Å². The first kappa shape index (κ1) is 20.5. The minimum Gasteiger partial charge on any atom is -0.480 e. The van der Waals surface area contributed by atoms with Crippen LogP contribution in [0.15, 0.2) is 30.3 Å². The minimum atomic E-state index is -1.02. The van der Waals surface area contributed by atoms with Gasteiger partial charge in [-0.3, -0.25) is 4.79 Å². The third-order valence-electron chi connectivity index (χ3n) is 3.60. The lowest BCUT2D eigenvalue weighted by molar-refractivity contribution is -0.141. The van der Waals surface area contributed by atoms with E-state index in [1.54, 1.807) is 6.92 Å². The molecular formula is C18H26N2O5. The van der Waals surface area contributed by atoms with Gasteiger partial charge in [0.1, 0.15) is 12.6 Å². The summed E-state index contributed by atoms with van der Waals surface area (Å²) < 4.78 is 5.08. The van der Waals surface area contributed by atoms with Crippen LogP contribution in [0.1, 0.15) is 44.6 Å². The van der Waals surface area contributed by atoms with Crippen LogP contribution in [0.4, 0.5) is 4.79 Å². The molecule has 0 saturated carbocycles. The molecule has 0 aromatic heterocycles. The molecule has 1 aromatic rings. The lowest BCUT2D eigenvalue weighted by Crippen LogP contribution is -2.40. The molecule has 0 aliphatic carbocycles. The van der Waals surface area contributed by atoms with E-state index >= 15 is 0 Å². The van der Waals surface area contributed by atoms with Gasteiger partial charge in [0.05, 0.1) is 0 Å². The quantitative estimate of drug-likeness (QED) is 0.532. The Bertz CT molecular complexity index is 548. The maximum absolute atomic E-state index is 11.6. The zero-order valence-electron chi connectivity index (χ0n) is 14.5. The van der Waals surface area contributed by atoms with Crippen LogP contribution in [0.3, 0.4) is 0 Å². The highest BCUT2D eigenvalue weighted by atomic mass is 16.5. The molecule has 0 radical (unpaired) electrons. The molecule has 0 bridgehead atoms. The smallest absolute Gasteiger partial charge is 0.407 e. The van der Waals surface area contributed by atoms with Gasteiger partial charge in [0, 0.05) is 13.0 Å². The molecule has 7 nitrogen and oxygen atoms in total. The van der Waals surface area contributed by atoms with E-state index < -0.39 is 18.1 Å². The van der Waals surface area contributed by atoms with Crippen LogP contribution < -0.4 is 10.6 Å². The first-order valence-electron chi connectivity index (χ1n) is 8.49. The zero-order valence-corrected chi connectivity index (χ0v) is 14.5. The molecule has 2 amide bonds. The summed E-state index contributed by atoms with van der Waals surface area (Å²) in [4.78, 5) is 34.0. The normalized spacial score (nSPS) is 11.4. The molecule has 0 fully saturated rings. The second-order valence-corrected chi connectivity index (χ2v) is 5.67. The maximum atomic E-state index is 11.6. The molecule has 0 spiro atoms. The number of carbonyl (C=O) groups excluding carboxylic acids is 2. The van der Waals surface area contributed by atoms with Gasteiger partial charge in [-0.15, -0.1) is 0 Å². The molecule has 0 unspecified atom stereocenters. The van der Waals surface area contributed by atoms with Crippen LogP contribution in [0.2, 0.25) is 0 Å². The molecule has 1 rings (SSSR count). The lowest BCUT2D eigenvalue weighted by Gasteiger charge is -2.12. The molecule has 3 N–H and O–H groups in total. The minimum absolute atomic E-state index is 0.231. The molecule has 7 heteroatoms. The summed E-state index contributed by atoms with van der Waals surface area (Å²) in [5, 5.41) is 14.0. The number of hydrogen-bond donors (Lipinski definition) is 3. The number of carbonyl (C=O) groups is 3. The van der Waals surface area contributed by atoms with Crippen LogP contribution in [0, 0.1) is 0 Å². The standard InChI is InChI=1S/C18H26N2O5/c1-2-15(17(22)23)20-16(21)11-7-4-8-12-19-18(24)25-13-14-9-5-3-6-10-14/h3,5-6,9-10,15H,2,4,7-8,11-13H2,1H3,(H,19,24)(H,20,21)(H,22,23)/t15-/m1/s1. The SMILES string of the molecule is CC[C@@H](NC(=O)CCCCCNC(=O)OCc1ccccc1)C(=O)O. The maximum Gasteiger partial charge on any atom is 0.407 e. The predicted octanol–water partition coefficient (Wildman–Crippen LogP) is 2.45. The second-order valence-electron chi connectivity index (χ2n) is 5.67. The van der Waals surface area contributed by atoms with Crippen LogP contribution in [-0.2, 0) is 20.9 Å². The number of alkyl carbamates (subject to hydrolysis) is 1. The van der Waals surface area contributed by atoms with Gasteiger partial charge in [0.2, 0.25) is 5.91 Å².